The van der Waals surface area contributed by atoms with Crippen LogP contribution in [0, 0.1) is 13.8 Å². The molecule has 0 aliphatic carbocycles. The standard InChI is InChI=1S/C23H27N3O5/c1-15-3-5-18(16(2)11-15)25-23(28)22(27)24-13-19(26-7-9-29-10-8-26)17-4-6-20-21(12-17)31-14-30-20/h3-6,11-12,19H,7-10,13-14H2,1-2H3,(H,24,27)(H,25,28)/t19-/m1/s1. The molecule has 2 aliphatic rings. The molecule has 2 N–H and O–H groups in total. The van der Waals surface area contributed by atoms with Crippen LogP contribution in [0.2, 0.25) is 0 Å². The maximum atomic E-state index is 12.5. The summed E-state index contributed by atoms with van der Waals surface area (Å²) in [6, 6.07) is 11.3. The number of rotatable bonds is 5. The SMILES string of the molecule is Cc1ccc(NC(=O)C(=O)NC[C@H](c2ccc3c(c2)OCO3)N2CCOCC2)c(C)c1. The van der Waals surface area contributed by atoms with Gasteiger partial charge in [-0.15, -0.1) is 0 Å². The van der Waals surface area contributed by atoms with Crippen molar-refractivity contribution < 1.29 is 23.8 Å². The van der Waals surface area contributed by atoms with Gasteiger partial charge in [-0.3, -0.25) is 14.5 Å². The number of fused-ring (bicyclic) bond motifs is 1. The molecule has 0 bridgehead atoms. The van der Waals surface area contributed by atoms with Crippen LogP contribution >= 0.6 is 0 Å². The maximum Gasteiger partial charge on any atom is 0.313 e. The molecule has 4 rings (SSSR count). The Balaban J connectivity index is 1.44. The van der Waals surface area contributed by atoms with Gasteiger partial charge < -0.3 is 24.8 Å². The van der Waals surface area contributed by atoms with Gasteiger partial charge in [0.2, 0.25) is 6.79 Å². The van der Waals surface area contributed by atoms with E-state index in [1.165, 1.54) is 0 Å². The van der Waals surface area contributed by atoms with E-state index in [0.717, 1.165) is 29.8 Å². The Bertz CT molecular complexity index is 972. The van der Waals surface area contributed by atoms with Crippen molar-refractivity contribution in [2.75, 3.05) is 45.0 Å². The molecule has 8 heteroatoms. The van der Waals surface area contributed by atoms with Gasteiger partial charge in [0.25, 0.3) is 0 Å². The van der Waals surface area contributed by atoms with Crippen LogP contribution in [0.3, 0.4) is 0 Å². The number of anilines is 1. The number of morpholine rings is 1. The second-order valence-electron chi connectivity index (χ2n) is 7.76. The van der Waals surface area contributed by atoms with E-state index in [2.05, 4.69) is 15.5 Å². The number of hydrogen-bond donors (Lipinski definition) is 2. The van der Waals surface area contributed by atoms with Crippen LogP contribution in [0.25, 0.3) is 0 Å². The topological polar surface area (TPSA) is 89.1 Å². The third-order valence-corrected chi connectivity index (χ3v) is 5.56. The third kappa shape index (κ3) is 4.98. The molecule has 8 nitrogen and oxygen atoms in total. The lowest BCUT2D eigenvalue weighted by Crippen LogP contribution is -2.45. The van der Waals surface area contributed by atoms with E-state index in [0.29, 0.717) is 36.9 Å². The average Bonchev–Trinajstić information content (AvgIpc) is 3.24. The number of ether oxygens (including phenoxy) is 3. The first-order valence-electron chi connectivity index (χ1n) is 10.4. The molecule has 1 fully saturated rings. The highest BCUT2D eigenvalue weighted by Crippen LogP contribution is 2.35. The van der Waals surface area contributed by atoms with Crippen molar-refractivity contribution in [3.63, 3.8) is 0 Å². The zero-order chi connectivity index (χ0) is 21.8. The number of carbonyl (C=O) groups is 2. The minimum Gasteiger partial charge on any atom is -0.454 e. The van der Waals surface area contributed by atoms with Crippen LogP contribution in [-0.2, 0) is 14.3 Å². The molecule has 1 saturated heterocycles. The highest BCUT2D eigenvalue weighted by Gasteiger charge is 2.26. The normalized spacial score (nSPS) is 16.6. The fourth-order valence-corrected chi connectivity index (χ4v) is 3.87. The molecule has 2 heterocycles. The van der Waals surface area contributed by atoms with Crippen molar-refractivity contribution in [1.29, 1.82) is 0 Å². The first kappa shape index (κ1) is 21.1. The lowest BCUT2D eigenvalue weighted by Gasteiger charge is -2.35. The van der Waals surface area contributed by atoms with Gasteiger partial charge in [0.15, 0.2) is 11.5 Å². The number of aryl methyl sites for hydroxylation is 2. The molecule has 0 aromatic heterocycles. The summed E-state index contributed by atoms with van der Waals surface area (Å²) < 4.78 is 16.4. The van der Waals surface area contributed by atoms with Crippen LogP contribution in [0.15, 0.2) is 36.4 Å². The van der Waals surface area contributed by atoms with Gasteiger partial charge in [0.05, 0.1) is 19.3 Å². The summed E-state index contributed by atoms with van der Waals surface area (Å²) in [5, 5.41) is 5.48. The second kappa shape index (κ2) is 9.36. The number of hydrogen-bond acceptors (Lipinski definition) is 6. The summed E-state index contributed by atoms with van der Waals surface area (Å²) in [7, 11) is 0. The Morgan fingerprint density at radius 2 is 1.77 bits per heavy atom. The summed E-state index contributed by atoms with van der Waals surface area (Å²) in [6.07, 6.45) is 0. The zero-order valence-electron chi connectivity index (χ0n) is 17.8. The minimum atomic E-state index is -0.682. The monoisotopic (exact) mass is 425 g/mol. The van der Waals surface area contributed by atoms with Gasteiger partial charge in [0.1, 0.15) is 0 Å². The van der Waals surface area contributed by atoms with Gasteiger partial charge in [-0.25, -0.2) is 0 Å². The summed E-state index contributed by atoms with van der Waals surface area (Å²) >= 11 is 0. The van der Waals surface area contributed by atoms with Crippen molar-refractivity contribution >= 4 is 17.5 Å². The fourth-order valence-electron chi connectivity index (χ4n) is 3.87. The molecule has 2 amide bonds. The predicted molar refractivity (Wildman–Crippen MR) is 115 cm³/mol. The average molecular weight is 425 g/mol. The summed E-state index contributed by atoms with van der Waals surface area (Å²) in [5.41, 5.74) is 3.62. The summed E-state index contributed by atoms with van der Waals surface area (Å²) in [5.74, 6) is 0.0494. The molecule has 0 unspecified atom stereocenters. The predicted octanol–water partition coefficient (Wildman–Crippen LogP) is 2.16. The molecule has 0 radical (unpaired) electrons. The van der Waals surface area contributed by atoms with E-state index in [9.17, 15) is 9.59 Å². The van der Waals surface area contributed by atoms with Crippen LogP contribution in [0.4, 0.5) is 5.69 Å². The largest absolute Gasteiger partial charge is 0.454 e. The summed E-state index contributed by atoms with van der Waals surface area (Å²) in [4.78, 5) is 27.2. The fraction of sp³-hybridized carbons (Fsp3) is 0.391. The van der Waals surface area contributed by atoms with E-state index in [1.54, 1.807) is 6.07 Å². The first-order chi connectivity index (χ1) is 15.0. The van der Waals surface area contributed by atoms with Crippen LogP contribution in [0.1, 0.15) is 22.7 Å². The molecule has 164 valence electrons. The van der Waals surface area contributed by atoms with E-state index < -0.39 is 11.8 Å². The minimum absolute atomic E-state index is 0.115. The number of benzene rings is 2. The third-order valence-electron chi connectivity index (χ3n) is 5.56. The lowest BCUT2D eigenvalue weighted by atomic mass is 10.0. The molecular formula is C23H27N3O5. The summed E-state index contributed by atoms with van der Waals surface area (Å²) in [6.45, 7) is 7.11. The second-order valence-corrected chi connectivity index (χ2v) is 7.76. The van der Waals surface area contributed by atoms with Gasteiger partial charge in [-0.1, -0.05) is 23.8 Å². The van der Waals surface area contributed by atoms with E-state index in [-0.39, 0.29) is 12.8 Å². The quantitative estimate of drug-likeness (QED) is 0.714. The van der Waals surface area contributed by atoms with Gasteiger partial charge in [-0.2, -0.15) is 0 Å². The van der Waals surface area contributed by atoms with Gasteiger partial charge >= 0.3 is 11.8 Å². The molecule has 1 atom stereocenters. The lowest BCUT2D eigenvalue weighted by molar-refractivity contribution is -0.136. The Hall–Kier alpha value is -3.10. The maximum absolute atomic E-state index is 12.5. The molecule has 2 aromatic carbocycles. The Labute approximate surface area is 181 Å². The molecule has 0 spiro atoms. The highest BCUT2D eigenvalue weighted by molar-refractivity contribution is 6.39. The zero-order valence-corrected chi connectivity index (χ0v) is 17.8. The van der Waals surface area contributed by atoms with Crippen LogP contribution in [-0.4, -0.2) is 56.4 Å². The van der Waals surface area contributed by atoms with Crippen LogP contribution < -0.4 is 20.1 Å². The van der Waals surface area contributed by atoms with Crippen LogP contribution in [0.5, 0.6) is 11.5 Å². The molecule has 2 aliphatic heterocycles. The highest BCUT2D eigenvalue weighted by atomic mass is 16.7. The Kier molecular flexibility index (Phi) is 6.39. The van der Waals surface area contributed by atoms with Gasteiger partial charge in [-0.05, 0) is 43.2 Å². The van der Waals surface area contributed by atoms with Crippen molar-refractivity contribution in [3.05, 3.63) is 53.1 Å². The van der Waals surface area contributed by atoms with E-state index in [1.807, 2.05) is 44.2 Å². The first-order valence-corrected chi connectivity index (χ1v) is 10.4. The number of nitrogens with zero attached hydrogens (tertiary/aromatic N) is 1. The van der Waals surface area contributed by atoms with E-state index >= 15 is 0 Å². The number of carbonyl (C=O) groups excluding carboxylic acids is 2. The van der Waals surface area contributed by atoms with E-state index in [4.69, 9.17) is 14.2 Å². The van der Waals surface area contributed by atoms with Gasteiger partial charge in [0, 0.05) is 25.3 Å². The number of amides is 2. The molecule has 2 aromatic rings. The smallest absolute Gasteiger partial charge is 0.313 e. The number of nitrogens with one attached hydrogen (secondary N) is 2. The van der Waals surface area contributed by atoms with Crippen molar-refractivity contribution in [3.8, 4) is 11.5 Å². The van der Waals surface area contributed by atoms with Crippen molar-refractivity contribution in [1.82, 2.24) is 10.2 Å². The molecule has 0 saturated carbocycles. The van der Waals surface area contributed by atoms with Crippen molar-refractivity contribution in [2.45, 2.75) is 19.9 Å². The van der Waals surface area contributed by atoms with Crippen molar-refractivity contribution in [2.24, 2.45) is 0 Å². The Morgan fingerprint density at radius 3 is 2.55 bits per heavy atom. The molecular weight excluding hydrogens is 398 g/mol. The molecule has 31 heavy (non-hydrogen) atoms. The Morgan fingerprint density at radius 1 is 1.00 bits per heavy atom.